The molecule has 15 heavy (non-hydrogen) atoms. The number of nitrogens with two attached hydrogens (primary N) is 1. The fourth-order valence-electron chi connectivity index (χ4n) is 3.48. The molecule has 0 amide bonds. The van der Waals surface area contributed by atoms with Gasteiger partial charge in [0.1, 0.15) is 0 Å². The summed E-state index contributed by atoms with van der Waals surface area (Å²) in [6, 6.07) is 1.85. The quantitative estimate of drug-likeness (QED) is 0.758. The summed E-state index contributed by atoms with van der Waals surface area (Å²) in [5, 5.41) is 0. The molecule has 2 aliphatic rings. The highest BCUT2D eigenvalue weighted by Gasteiger charge is 2.34. The molecule has 0 radical (unpaired) electrons. The maximum atomic E-state index is 6.12. The Morgan fingerprint density at radius 2 is 2.00 bits per heavy atom. The van der Waals surface area contributed by atoms with Crippen LogP contribution in [0.25, 0.3) is 0 Å². The van der Waals surface area contributed by atoms with Crippen LogP contribution in [0.2, 0.25) is 0 Å². The molecule has 88 valence electrons. The van der Waals surface area contributed by atoms with E-state index in [4.69, 9.17) is 5.73 Å². The average Bonchev–Trinajstić information content (AvgIpc) is 2.65. The highest BCUT2D eigenvalue weighted by molar-refractivity contribution is 4.90. The number of piperidine rings is 1. The van der Waals surface area contributed by atoms with Gasteiger partial charge in [-0.25, -0.2) is 0 Å². The summed E-state index contributed by atoms with van der Waals surface area (Å²) in [4.78, 5) is 2.73. The third-order valence-corrected chi connectivity index (χ3v) is 4.34. The highest BCUT2D eigenvalue weighted by atomic mass is 15.2. The van der Waals surface area contributed by atoms with E-state index in [2.05, 4.69) is 18.7 Å². The predicted octanol–water partition coefficient (Wildman–Crippen LogP) is 2.38. The molecule has 1 aliphatic heterocycles. The van der Waals surface area contributed by atoms with Gasteiger partial charge in [-0.2, -0.15) is 0 Å². The van der Waals surface area contributed by atoms with Crippen LogP contribution < -0.4 is 5.73 Å². The normalized spacial score (nSPS) is 40.6. The molecule has 1 heterocycles. The molecule has 4 unspecified atom stereocenters. The van der Waals surface area contributed by atoms with Crippen molar-refractivity contribution in [3.8, 4) is 0 Å². The van der Waals surface area contributed by atoms with Crippen LogP contribution in [0.15, 0.2) is 0 Å². The third-order valence-electron chi connectivity index (χ3n) is 4.34. The Labute approximate surface area is 94.2 Å². The second-order valence-corrected chi connectivity index (χ2v) is 5.73. The topological polar surface area (TPSA) is 29.3 Å². The first-order chi connectivity index (χ1) is 7.18. The van der Waals surface area contributed by atoms with Gasteiger partial charge in [-0.3, -0.25) is 4.90 Å². The molecule has 2 nitrogen and oxygen atoms in total. The molecule has 1 saturated carbocycles. The zero-order chi connectivity index (χ0) is 10.8. The molecule has 2 rings (SSSR count). The van der Waals surface area contributed by atoms with Gasteiger partial charge >= 0.3 is 0 Å². The Morgan fingerprint density at radius 1 is 1.20 bits per heavy atom. The summed E-state index contributed by atoms with van der Waals surface area (Å²) < 4.78 is 0. The van der Waals surface area contributed by atoms with Gasteiger partial charge in [0.25, 0.3) is 0 Å². The molecule has 2 fully saturated rings. The van der Waals surface area contributed by atoms with Crippen LogP contribution in [0.3, 0.4) is 0 Å². The van der Waals surface area contributed by atoms with Crippen LogP contribution in [0.4, 0.5) is 0 Å². The van der Waals surface area contributed by atoms with Crippen molar-refractivity contribution < 1.29 is 0 Å². The highest BCUT2D eigenvalue weighted by Crippen LogP contribution is 2.33. The van der Waals surface area contributed by atoms with Gasteiger partial charge in [0.05, 0.1) is 0 Å². The van der Waals surface area contributed by atoms with Crippen LogP contribution >= 0.6 is 0 Å². The van der Waals surface area contributed by atoms with Crippen molar-refractivity contribution in [2.45, 2.75) is 70.5 Å². The Bertz CT molecular complexity index is 203. The first kappa shape index (κ1) is 11.4. The van der Waals surface area contributed by atoms with E-state index in [9.17, 15) is 0 Å². The van der Waals surface area contributed by atoms with E-state index < -0.39 is 0 Å². The zero-order valence-electron chi connectivity index (χ0n) is 10.3. The van der Waals surface area contributed by atoms with Gasteiger partial charge in [0.2, 0.25) is 0 Å². The molecule has 0 aromatic carbocycles. The summed E-state index contributed by atoms with van der Waals surface area (Å²) in [5.41, 5.74) is 6.12. The Morgan fingerprint density at radius 3 is 2.60 bits per heavy atom. The van der Waals surface area contributed by atoms with E-state index in [1.165, 1.54) is 45.1 Å². The van der Waals surface area contributed by atoms with E-state index in [-0.39, 0.29) is 0 Å². The first-order valence-corrected chi connectivity index (χ1v) is 6.70. The minimum absolute atomic E-state index is 0.348. The van der Waals surface area contributed by atoms with Gasteiger partial charge in [-0.1, -0.05) is 13.3 Å². The van der Waals surface area contributed by atoms with E-state index in [0.717, 1.165) is 12.0 Å². The van der Waals surface area contributed by atoms with E-state index in [1.807, 2.05) is 0 Å². The van der Waals surface area contributed by atoms with Crippen molar-refractivity contribution in [1.82, 2.24) is 4.90 Å². The minimum Gasteiger partial charge on any atom is -0.327 e. The summed E-state index contributed by atoms with van der Waals surface area (Å²) in [6.45, 7) is 5.87. The lowest BCUT2D eigenvalue weighted by Gasteiger charge is -2.42. The zero-order valence-corrected chi connectivity index (χ0v) is 10.3. The predicted molar refractivity (Wildman–Crippen MR) is 64.8 cm³/mol. The number of hydrogen-bond acceptors (Lipinski definition) is 2. The third kappa shape index (κ3) is 2.54. The van der Waals surface area contributed by atoms with Crippen molar-refractivity contribution in [3.63, 3.8) is 0 Å². The first-order valence-electron chi connectivity index (χ1n) is 6.70. The molecule has 0 aromatic heterocycles. The van der Waals surface area contributed by atoms with Gasteiger partial charge in [-0.15, -0.1) is 0 Å². The molecule has 1 aliphatic carbocycles. The number of nitrogens with zero attached hydrogens (tertiary/aromatic N) is 1. The Hall–Kier alpha value is -0.0800. The molecule has 4 atom stereocenters. The second kappa shape index (κ2) is 4.84. The molecule has 0 aromatic rings. The summed E-state index contributed by atoms with van der Waals surface area (Å²) in [7, 11) is 0. The van der Waals surface area contributed by atoms with Crippen molar-refractivity contribution in [1.29, 1.82) is 0 Å². The molecular weight excluding hydrogens is 184 g/mol. The van der Waals surface area contributed by atoms with Crippen LogP contribution in [0.1, 0.15) is 52.4 Å². The van der Waals surface area contributed by atoms with E-state index in [1.54, 1.807) is 0 Å². The second-order valence-electron chi connectivity index (χ2n) is 5.73. The number of rotatable bonds is 2. The Balaban J connectivity index is 1.98. The van der Waals surface area contributed by atoms with Crippen LogP contribution in [-0.2, 0) is 0 Å². The van der Waals surface area contributed by atoms with Crippen molar-refractivity contribution in [2.24, 2.45) is 11.7 Å². The minimum atomic E-state index is 0.348. The molecular formula is C13H26N2. The Kier molecular flexibility index (Phi) is 3.68. The SMILES string of the molecule is CC1CCC(N2CCCCC2C(C)N)C1. The molecule has 2 N–H and O–H groups in total. The van der Waals surface area contributed by atoms with Gasteiger partial charge < -0.3 is 5.73 Å². The molecule has 2 heteroatoms. The van der Waals surface area contributed by atoms with Crippen LogP contribution in [-0.4, -0.2) is 29.6 Å². The largest absolute Gasteiger partial charge is 0.327 e. The van der Waals surface area contributed by atoms with Crippen LogP contribution in [0, 0.1) is 5.92 Å². The lowest BCUT2D eigenvalue weighted by molar-refractivity contribution is 0.0821. The van der Waals surface area contributed by atoms with Crippen molar-refractivity contribution >= 4 is 0 Å². The maximum absolute atomic E-state index is 6.12. The van der Waals surface area contributed by atoms with E-state index >= 15 is 0 Å². The lowest BCUT2D eigenvalue weighted by Crippen LogP contribution is -2.52. The van der Waals surface area contributed by atoms with Crippen molar-refractivity contribution in [2.75, 3.05) is 6.54 Å². The lowest BCUT2D eigenvalue weighted by atomic mass is 9.94. The molecule has 1 saturated heterocycles. The van der Waals surface area contributed by atoms with Crippen molar-refractivity contribution in [3.05, 3.63) is 0 Å². The van der Waals surface area contributed by atoms with E-state index in [0.29, 0.717) is 12.1 Å². The molecule has 0 bridgehead atoms. The standard InChI is InChI=1S/C13H26N2/c1-10-6-7-12(9-10)15-8-4-3-5-13(15)11(2)14/h10-13H,3-9,14H2,1-2H3. The average molecular weight is 210 g/mol. The smallest absolute Gasteiger partial charge is 0.0247 e. The van der Waals surface area contributed by atoms with Gasteiger partial charge in [0.15, 0.2) is 0 Å². The van der Waals surface area contributed by atoms with Gasteiger partial charge in [0, 0.05) is 18.1 Å². The fraction of sp³-hybridized carbons (Fsp3) is 1.00. The number of likely N-dealkylation sites (tertiary alicyclic amines) is 1. The van der Waals surface area contributed by atoms with Crippen LogP contribution in [0.5, 0.6) is 0 Å². The van der Waals surface area contributed by atoms with Gasteiger partial charge in [-0.05, 0) is 51.5 Å². The molecule has 0 spiro atoms. The summed E-state index contributed by atoms with van der Waals surface area (Å²) >= 11 is 0. The fourth-order valence-corrected chi connectivity index (χ4v) is 3.48. The number of hydrogen-bond donors (Lipinski definition) is 1. The maximum Gasteiger partial charge on any atom is 0.0247 e. The summed E-state index contributed by atoms with van der Waals surface area (Å²) in [6.07, 6.45) is 8.32. The monoisotopic (exact) mass is 210 g/mol. The summed E-state index contributed by atoms with van der Waals surface area (Å²) in [5.74, 6) is 0.936.